The van der Waals surface area contributed by atoms with Crippen molar-refractivity contribution in [1.29, 1.82) is 0 Å². The Morgan fingerprint density at radius 2 is 2.11 bits per heavy atom. The number of hydrogen-bond donors (Lipinski definition) is 2. The molecule has 0 amide bonds. The summed E-state index contributed by atoms with van der Waals surface area (Å²) in [6, 6.07) is 7.19. The number of halogens is 1. The Bertz CT molecular complexity index is 619. The number of anilines is 1. The molecule has 0 bridgehead atoms. The van der Waals surface area contributed by atoms with Gasteiger partial charge < -0.3 is 14.8 Å². The number of benzene rings is 1. The van der Waals surface area contributed by atoms with E-state index in [4.69, 9.17) is 21.1 Å². The van der Waals surface area contributed by atoms with Crippen LogP contribution in [0.15, 0.2) is 28.7 Å². The zero-order valence-corrected chi connectivity index (χ0v) is 11.4. The number of carbonyl (C=O) groups is 1. The van der Waals surface area contributed by atoms with Crippen molar-refractivity contribution in [3.63, 3.8) is 0 Å². The number of aromatic carboxylic acids is 1. The Balaban J connectivity index is 2.12. The Kier molecular flexibility index (Phi) is 3.81. The lowest BCUT2D eigenvalue weighted by Gasteiger charge is -2.07. The van der Waals surface area contributed by atoms with Gasteiger partial charge in [-0.3, -0.25) is 0 Å². The van der Waals surface area contributed by atoms with Crippen LogP contribution in [0.25, 0.3) is 0 Å². The lowest BCUT2D eigenvalue weighted by atomic mass is 10.2. The molecule has 5 heteroatoms. The Hall–Kier alpha value is -1.94. The number of aryl methyl sites for hydroxylation is 2. The van der Waals surface area contributed by atoms with Crippen molar-refractivity contribution in [3.05, 3.63) is 51.9 Å². The fraction of sp³-hybridized carbons (Fsp3) is 0.214. The topological polar surface area (TPSA) is 62.5 Å². The van der Waals surface area contributed by atoms with Gasteiger partial charge in [0.05, 0.1) is 17.3 Å². The van der Waals surface area contributed by atoms with Crippen LogP contribution in [0.5, 0.6) is 0 Å². The molecule has 100 valence electrons. The summed E-state index contributed by atoms with van der Waals surface area (Å²) in [5.74, 6) is -0.0202. The van der Waals surface area contributed by atoms with Gasteiger partial charge in [-0.25, -0.2) is 4.79 Å². The third-order valence-corrected chi connectivity index (χ3v) is 3.10. The van der Waals surface area contributed by atoms with Crippen molar-refractivity contribution in [3.8, 4) is 0 Å². The van der Waals surface area contributed by atoms with Gasteiger partial charge in [-0.15, -0.1) is 0 Å². The summed E-state index contributed by atoms with van der Waals surface area (Å²) in [5, 5.41) is 12.7. The van der Waals surface area contributed by atoms with Crippen LogP contribution >= 0.6 is 11.6 Å². The predicted molar refractivity (Wildman–Crippen MR) is 73.9 cm³/mol. The van der Waals surface area contributed by atoms with Crippen LogP contribution in [0.4, 0.5) is 5.69 Å². The minimum absolute atomic E-state index is 0.187. The van der Waals surface area contributed by atoms with Crippen LogP contribution in [-0.2, 0) is 6.54 Å². The summed E-state index contributed by atoms with van der Waals surface area (Å²) in [6.45, 7) is 3.99. The molecular formula is C14H14ClNO3. The number of rotatable bonds is 4. The van der Waals surface area contributed by atoms with E-state index < -0.39 is 5.97 Å². The smallest absolute Gasteiger partial charge is 0.339 e. The van der Waals surface area contributed by atoms with Gasteiger partial charge in [0.2, 0.25) is 0 Å². The first kappa shape index (κ1) is 13.5. The molecule has 0 saturated heterocycles. The molecule has 0 radical (unpaired) electrons. The highest BCUT2D eigenvalue weighted by Crippen LogP contribution is 2.24. The maximum absolute atomic E-state index is 10.9. The second kappa shape index (κ2) is 5.36. The molecule has 0 aliphatic carbocycles. The molecule has 1 heterocycles. The predicted octanol–water partition coefficient (Wildman–Crippen LogP) is 3.86. The van der Waals surface area contributed by atoms with Crippen molar-refractivity contribution < 1.29 is 14.3 Å². The number of furan rings is 1. The van der Waals surface area contributed by atoms with Gasteiger partial charge in [-0.1, -0.05) is 17.7 Å². The normalized spacial score (nSPS) is 10.5. The van der Waals surface area contributed by atoms with Crippen LogP contribution in [0.2, 0.25) is 5.02 Å². The summed E-state index contributed by atoms with van der Waals surface area (Å²) >= 11 is 6.06. The molecule has 0 aliphatic rings. The number of carboxylic acids is 1. The van der Waals surface area contributed by atoms with Gasteiger partial charge in [0, 0.05) is 0 Å². The van der Waals surface area contributed by atoms with Crippen LogP contribution in [0, 0.1) is 13.8 Å². The fourth-order valence-electron chi connectivity index (χ4n) is 1.80. The van der Waals surface area contributed by atoms with Crippen molar-refractivity contribution in [2.75, 3.05) is 5.32 Å². The van der Waals surface area contributed by atoms with Crippen LogP contribution in [-0.4, -0.2) is 11.1 Å². The molecule has 0 fully saturated rings. The molecule has 0 spiro atoms. The first-order valence-corrected chi connectivity index (χ1v) is 6.18. The van der Waals surface area contributed by atoms with Gasteiger partial charge in [0.1, 0.15) is 17.1 Å². The molecular weight excluding hydrogens is 266 g/mol. The Morgan fingerprint density at radius 1 is 1.37 bits per heavy atom. The lowest BCUT2D eigenvalue weighted by molar-refractivity contribution is 0.0695. The van der Waals surface area contributed by atoms with Crippen LogP contribution < -0.4 is 5.32 Å². The SMILES string of the molecule is Cc1ccc(Cl)c(NCc2cc(C(=O)O)c(C)o2)c1. The van der Waals surface area contributed by atoms with E-state index in [1.54, 1.807) is 6.92 Å². The molecule has 1 aromatic carbocycles. The highest BCUT2D eigenvalue weighted by atomic mass is 35.5. The van der Waals surface area contributed by atoms with Crippen molar-refractivity contribution in [2.45, 2.75) is 20.4 Å². The lowest BCUT2D eigenvalue weighted by Crippen LogP contribution is -1.99. The molecule has 0 saturated carbocycles. The van der Waals surface area contributed by atoms with E-state index >= 15 is 0 Å². The maximum Gasteiger partial charge on any atom is 0.339 e. The van der Waals surface area contributed by atoms with Crippen LogP contribution in [0.1, 0.15) is 27.4 Å². The summed E-state index contributed by atoms with van der Waals surface area (Å²) < 4.78 is 5.38. The zero-order chi connectivity index (χ0) is 14.0. The Morgan fingerprint density at radius 3 is 2.74 bits per heavy atom. The molecule has 0 atom stereocenters. The van der Waals surface area contributed by atoms with Gasteiger partial charge in [-0.2, -0.15) is 0 Å². The van der Waals surface area contributed by atoms with E-state index in [-0.39, 0.29) is 5.56 Å². The number of nitrogens with one attached hydrogen (secondary N) is 1. The highest BCUT2D eigenvalue weighted by Gasteiger charge is 2.13. The second-order valence-electron chi connectivity index (χ2n) is 4.32. The molecule has 2 N–H and O–H groups in total. The summed E-state index contributed by atoms with van der Waals surface area (Å²) in [5.41, 5.74) is 2.08. The van der Waals surface area contributed by atoms with E-state index in [1.165, 1.54) is 6.07 Å². The van der Waals surface area contributed by atoms with Gasteiger partial charge in [-0.05, 0) is 37.6 Å². The van der Waals surface area contributed by atoms with Crippen molar-refractivity contribution in [1.82, 2.24) is 0 Å². The summed E-state index contributed by atoms with van der Waals surface area (Å²) in [4.78, 5) is 10.9. The van der Waals surface area contributed by atoms with Crippen LogP contribution in [0.3, 0.4) is 0 Å². The summed E-state index contributed by atoms with van der Waals surface area (Å²) in [7, 11) is 0. The standard InChI is InChI=1S/C14H14ClNO3/c1-8-3-4-12(15)13(5-8)16-7-10-6-11(14(17)18)9(2)19-10/h3-6,16H,7H2,1-2H3,(H,17,18). The number of carboxylic acid groups (broad SMARTS) is 1. The highest BCUT2D eigenvalue weighted by molar-refractivity contribution is 6.33. The molecule has 4 nitrogen and oxygen atoms in total. The van der Waals surface area contributed by atoms with Crippen molar-refractivity contribution in [2.24, 2.45) is 0 Å². The average Bonchev–Trinajstić information content (AvgIpc) is 2.72. The molecule has 0 unspecified atom stereocenters. The molecule has 2 rings (SSSR count). The average molecular weight is 280 g/mol. The van der Waals surface area contributed by atoms with Gasteiger partial charge >= 0.3 is 5.97 Å². The molecule has 0 aliphatic heterocycles. The van der Waals surface area contributed by atoms with E-state index in [2.05, 4.69) is 5.32 Å². The quantitative estimate of drug-likeness (QED) is 0.892. The minimum atomic E-state index is -0.985. The van der Waals surface area contributed by atoms with Gasteiger partial charge in [0.25, 0.3) is 0 Å². The first-order valence-electron chi connectivity index (χ1n) is 5.80. The maximum atomic E-state index is 10.9. The molecule has 1 aromatic heterocycles. The number of hydrogen-bond acceptors (Lipinski definition) is 3. The first-order chi connectivity index (χ1) is 8.97. The molecule has 19 heavy (non-hydrogen) atoms. The van der Waals surface area contributed by atoms with E-state index in [0.717, 1.165) is 11.3 Å². The van der Waals surface area contributed by atoms with E-state index in [9.17, 15) is 4.79 Å². The molecule has 2 aromatic rings. The zero-order valence-electron chi connectivity index (χ0n) is 10.7. The van der Waals surface area contributed by atoms with E-state index in [1.807, 2.05) is 25.1 Å². The Labute approximate surface area is 116 Å². The monoisotopic (exact) mass is 279 g/mol. The minimum Gasteiger partial charge on any atom is -0.478 e. The second-order valence-corrected chi connectivity index (χ2v) is 4.73. The largest absolute Gasteiger partial charge is 0.478 e. The summed E-state index contributed by atoms with van der Waals surface area (Å²) in [6.07, 6.45) is 0. The van der Waals surface area contributed by atoms with Gasteiger partial charge in [0.15, 0.2) is 0 Å². The fourth-order valence-corrected chi connectivity index (χ4v) is 1.98. The van der Waals surface area contributed by atoms with Crippen molar-refractivity contribution >= 4 is 23.3 Å². The third kappa shape index (κ3) is 3.09. The van der Waals surface area contributed by atoms with E-state index in [0.29, 0.717) is 23.1 Å². The third-order valence-electron chi connectivity index (χ3n) is 2.77.